The predicted molar refractivity (Wildman–Crippen MR) is 214 cm³/mol. The van der Waals surface area contributed by atoms with Crippen molar-refractivity contribution < 1.29 is 49.0 Å². The van der Waals surface area contributed by atoms with Crippen molar-refractivity contribution in [2.24, 2.45) is 17.3 Å². The molecule has 0 bridgehead atoms. The molecule has 1 unspecified atom stereocenters. The van der Waals surface area contributed by atoms with Gasteiger partial charge in [0.25, 0.3) is 0 Å². The first-order valence-corrected chi connectivity index (χ1v) is 19.2. The predicted octanol–water partition coefficient (Wildman–Crippen LogP) is 7.34. The summed E-state index contributed by atoms with van der Waals surface area (Å²) in [4.78, 5) is 0. The zero-order chi connectivity index (χ0) is 36.3. The second kappa shape index (κ2) is 18.1. The summed E-state index contributed by atoms with van der Waals surface area (Å²) in [5.41, 5.74) is 10.2. The van der Waals surface area contributed by atoms with Gasteiger partial charge in [0.2, 0.25) is 0 Å². The molecule has 0 saturated carbocycles. The number of aryl methyl sites for hydroxylation is 2. The summed E-state index contributed by atoms with van der Waals surface area (Å²) in [7, 11) is 0. The van der Waals surface area contributed by atoms with Gasteiger partial charge in [0.1, 0.15) is 0 Å². The van der Waals surface area contributed by atoms with E-state index in [2.05, 4.69) is 199 Å². The van der Waals surface area contributed by atoms with Crippen molar-refractivity contribution >= 4 is 24.8 Å². The minimum Gasteiger partial charge on any atom is -1.00 e. The third kappa shape index (κ3) is 12.0. The normalized spacial score (nSPS) is 14.2. The molecular formula is C48H58Cl2Zr-2. The molecule has 6 rings (SSSR count). The molecule has 270 valence electrons. The van der Waals surface area contributed by atoms with Gasteiger partial charge in [-0.1, -0.05) is 129 Å². The second-order valence-electron chi connectivity index (χ2n) is 17.3. The molecule has 0 saturated heterocycles. The fraction of sp³-hybridized carbons (Fsp3) is 0.375. The Balaban J connectivity index is 0.000000270. The Bertz CT molecular complexity index is 1830. The third-order valence-electron chi connectivity index (χ3n) is 9.49. The van der Waals surface area contributed by atoms with Crippen LogP contribution in [-0.4, -0.2) is 3.21 Å². The number of benzene rings is 4. The van der Waals surface area contributed by atoms with Crippen molar-refractivity contribution in [2.75, 3.05) is 0 Å². The van der Waals surface area contributed by atoms with Crippen LogP contribution in [0.25, 0.3) is 21.5 Å². The summed E-state index contributed by atoms with van der Waals surface area (Å²) in [5, 5.41) is 5.49. The van der Waals surface area contributed by atoms with Crippen LogP contribution in [0.3, 0.4) is 0 Å². The van der Waals surface area contributed by atoms with Crippen LogP contribution in [0.2, 0.25) is 0 Å². The molecule has 0 nitrogen and oxygen atoms in total. The summed E-state index contributed by atoms with van der Waals surface area (Å²) in [5.74, 6) is 1.22. The summed E-state index contributed by atoms with van der Waals surface area (Å²) in [6, 6.07) is 33.7. The minimum atomic E-state index is 0. The Morgan fingerprint density at radius 2 is 1.00 bits per heavy atom. The van der Waals surface area contributed by atoms with Crippen molar-refractivity contribution in [3.05, 3.63) is 148 Å². The van der Waals surface area contributed by atoms with Crippen molar-refractivity contribution in [3.8, 4) is 0 Å². The molecule has 1 atom stereocenters. The molecule has 51 heavy (non-hydrogen) atoms. The monoisotopic (exact) mass is 794 g/mol. The standard InChI is InChI=1S/C21H25.C15H14.C12H19.2ClH.Zr/c1-20(2,3)16-9-7-14-11-15-8-10-17(21(4,5)6)13-19(15)18(14)12-16;1-12-3-7-14(8-4-12)11-15-9-5-13(2)6-10-15;1-9(2)10-6-7-11(8-10)12(3,4)5;;;/h7-13H,1-6H3;3-10H,1-2H3;7-10H,1-5H3;2*1H;/q-1;;-1;;;+2/p-2. The molecule has 5 aromatic carbocycles. The first-order chi connectivity index (χ1) is 22.7. The Morgan fingerprint density at radius 1 is 0.608 bits per heavy atom. The van der Waals surface area contributed by atoms with E-state index in [1.165, 1.54) is 87.9 Å². The van der Waals surface area contributed by atoms with E-state index in [1.54, 1.807) is 0 Å². The SMILES string of the molecule is CC(C)(C)c1ccc2[cH-]c3ccc(C(C)(C)C)cc3c2c1.CC(C)C1[C-]=CC(C(C)(C)C)=C1.Cc1ccc([C](=[Zr+2])c2ccc(C)cc2)cc1.[Cl-].[Cl-]. The summed E-state index contributed by atoms with van der Waals surface area (Å²) < 4.78 is 1.42. The zero-order valence-electron chi connectivity index (χ0n) is 33.2. The molecule has 0 fully saturated rings. The van der Waals surface area contributed by atoms with Gasteiger partial charge in [-0.3, -0.25) is 6.08 Å². The number of hydrogen-bond acceptors (Lipinski definition) is 0. The molecule has 0 heterocycles. The van der Waals surface area contributed by atoms with Crippen molar-refractivity contribution in [1.82, 2.24) is 0 Å². The fourth-order valence-corrected chi connectivity index (χ4v) is 6.68. The van der Waals surface area contributed by atoms with Crippen LogP contribution >= 0.6 is 0 Å². The van der Waals surface area contributed by atoms with Crippen LogP contribution in [0.1, 0.15) is 110 Å². The van der Waals surface area contributed by atoms with Crippen LogP contribution < -0.4 is 24.8 Å². The largest absolute Gasteiger partial charge is 1.00 e. The number of allylic oxidation sites excluding steroid dienone is 4. The minimum absolute atomic E-state index is 0. The van der Waals surface area contributed by atoms with E-state index in [9.17, 15) is 0 Å². The molecule has 0 aromatic heterocycles. The van der Waals surface area contributed by atoms with E-state index in [0.29, 0.717) is 11.8 Å². The average molecular weight is 797 g/mol. The van der Waals surface area contributed by atoms with E-state index in [4.69, 9.17) is 0 Å². The molecular weight excluding hydrogens is 739 g/mol. The molecule has 0 radical (unpaired) electrons. The Hall–Kier alpha value is -2.44. The van der Waals surface area contributed by atoms with Gasteiger partial charge in [-0.05, 0) is 10.8 Å². The Morgan fingerprint density at radius 3 is 1.29 bits per heavy atom. The van der Waals surface area contributed by atoms with Gasteiger partial charge >= 0.3 is 112 Å². The Labute approximate surface area is 337 Å². The quantitative estimate of drug-likeness (QED) is 0.168. The van der Waals surface area contributed by atoms with Crippen LogP contribution in [0.15, 0.2) is 109 Å². The van der Waals surface area contributed by atoms with E-state index in [0.717, 1.165) is 0 Å². The zero-order valence-corrected chi connectivity index (χ0v) is 37.2. The second-order valence-corrected chi connectivity index (χ2v) is 18.5. The van der Waals surface area contributed by atoms with Gasteiger partial charge in [0.05, 0.1) is 0 Å². The first-order valence-electron chi connectivity index (χ1n) is 17.9. The summed E-state index contributed by atoms with van der Waals surface area (Å²) in [6.07, 6.45) is 7.90. The number of fused-ring (bicyclic) bond motifs is 3. The smallest absolute Gasteiger partial charge is 1.00 e. The van der Waals surface area contributed by atoms with Gasteiger partial charge in [-0.25, -0.2) is 6.08 Å². The topological polar surface area (TPSA) is 0 Å². The Kier molecular flexibility index (Phi) is 15.8. The molecule has 5 aromatic rings. The van der Waals surface area contributed by atoms with Crippen molar-refractivity contribution in [2.45, 2.75) is 101 Å². The fourth-order valence-electron chi connectivity index (χ4n) is 5.87. The third-order valence-corrected chi connectivity index (χ3v) is 10.9. The molecule has 0 amide bonds. The van der Waals surface area contributed by atoms with E-state index >= 15 is 0 Å². The first kappa shape index (κ1) is 44.7. The maximum absolute atomic E-state index is 3.40. The van der Waals surface area contributed by atoms with Gasteiger partial charge in [0.15, 0.2) is 0 Å². The van der Waals surface area contributed by atoms with Gasteiger partial charge in [0, 0.05) is 0 Å². The molecule has 1 aliphatic rings. The van der Waals surface area contributed by atoms with E-state index in [1.807, 2.05) is 0 Å². The summed E-state index contributed by atoms with van der Waals surface area (Å²) in [6.45, 7) is 29.1. The summed E-state index contributed by atoms with van der Waals surface area (Å²) >= 11 is 1.46. The van der Waals surface area contributed by atoms with E-state index in [-0.39, 0.29) is 41.1 Å². The molecule has 0 spiro atoms. The molecule has 0 aliphatic heterocycles. The van der Waals surface area contributed by atoms with Crippen molar-refractivity contribution in [3.63, 3.8) is 0 Å². The number of hydrogen-bond donors (Lipinski definition) is 0. The van der Waals surface area contributed by atoms with Crippen LogP contribution in [0, 0.1) is 37.2 Å². The average Bonchev–Trinajstić information content (AvgIpc) is 3.67. The molecule has 0 N–H and O–H groups in total. The van der Waals surface area contributed by atoms with Gasteiger partial charge in [-0.2, -0.15) is 11.6 Å². The van der Waals surface area contributed by atoms with Gasteiger partial charge < -0.3 is 24.8 Å². The maximum atomic E-state index is 3.40. The van der Waals surface area contributed by atoms with Gasteiger partial charge in [-0.15, -0.1) is 39.7 Å². The molecule has 1 aliphatic carbocycles. The number of rotatable bonds is 3. The van der Waals surface area contributed by atoms with Crippen LogP contribution in [0.4, 0.5) is 0 Å². The van der Waals surface area contributed by atoms with Crippen molar-refractivity contribution in [1.29, 1.82) is 0 Å². The van der Waals surface area contributed by atoms with Crippen LogP contribution in [-0.2, 0) is 35.1 Å². The molecule has 3 heteroatoms. The maximum Gasteiger partial charge on any atom is -1.00 e. The van der Waals surface area contributed by atoms with E-state index < -0.39 is 0 Å². The number of halogens is 2. The van der Waals surface area contributed by atoms with Crippen LogP contribution in [0.5, 0.6) is 0 Å².